The summed E-state index contributed by atoms with van der Waals surface area (Å²) in [7, 11) is -3.84. The summed E-state index contributed by atoms with van der Waals surface area (Å²) in [5, 5.41) is -0.541. The molecule has 23 heavy (non-hydrogen) atoms. The Morgan fingerprint density at radius 2 is 1.09 bits per heavy atom. The van der Waals surface area contributed by atoms with Crippen LogP contribution in [0.15, 0.2) is 0 Å². The first-order valence-corrected chi connectivity index (χ1v) is 11.0. The fourth-order valence-electron chi connectivity index (χ4n) is 2.98. The summed E-state index contributed by atoms with van der Waals surface area (Å²) in [6.07, 6.45) is 17.3. The molecular formula is C18H39NaO3S. The van der Waals surface area contributed by atoms with Crippen LogP contribution in [0.5, 0.6) is 0 Å². The van der Waals surface area contributed by atoms with Gasteiger partial charge in [0, 0.05) is 0 Å². The van der Waals surface area contributed by atoms with Crippen LogP contribution in [0, 0.1) is 0 Å². The summed E-state index contributed by atoms with van der Waals surface area (Å²) in [4.78, 5) is 0. The van der Waals surface area contributed by atoms with E-state index in [1.807, 2.05) is 6.92 Å². The van der Waals surface area contributed by atoms with Crippen LogP contribution in [-0.2, 0) is 10.1 Å². The fourth-order valence-corrected chi connectivity index (χ4v) is 3.98. The SMILES string of the molecule is CCCCCCCCCCCCCCC(CCC)S(=O)(=O)O.[H-].[Na+]. The van der Waals surface area contributed by atoms with E-state index in [9.17, 15) is 8.42 Å². The minimum Gasteiger partial charge on any atom is -1.00 e. The maximum atomic E-state index is 11.2. The number of hydrogen-bond acceptors (Lipinski definition) is 2. The Hall–Kier alpha value is 0.910. The molecule has 0 aromatic carbocycles. The zero-order valence-corrected chi connectivity index (χ0v) is 18.7. The van der Waals surface area contributed by atoms with Gasteiger partial charge in [0.1, 0.15) is 0 Å². The third-order valence-electron chi connectivity index (χ3n) is 4.41. The summed E-state index contributed by atoms with van der Waals surface area (Å²) in [6, 6.07) is 0. The summed E-state index contributed by atoms with van der Waals surface area (Å²) in [5.74, 6) is 0. The average Bonchev–Trinajstić information content (AvgIpc) is 2.46. The van der Waals surface area contributed by atoms with Crippen molar-refractivity contribution >= 4 is 10.1 Å². The maximum absolute atomic E-state index is 11.2. The van der Waals surface area contributed by atoms with Crippen molar-refractivity contribution in [1.82, 2.24) is 0 Å². The van der Waals surface area contributed by atoms with Crippen molar-refractivity contribution in [3.8, 4) is 0 Å². The van der Waals surface area contributed by atoms with Crippen molar-refractivity contribution in [2.24, 2.45) is 0 Å². The number of unbranched alkanes of at least 4 members (excludes halogenated alkanes) is 11. The molecule has 136 valence electrons. The monoisotopic (exact) mass is 358 g/mol. The molecule has 0 fully saturated rings. The Kier molecular flexibility index (Phi) is 20.1. The van der Waals surface area contributed by atoms with Crippen LogP contribution in [0.2, 0.25) is 0 Å². The largest absolute Gasteiger partial charge is 1.00 e. The molecule has 0 aliphatic heterocycles. The van der Waals surface area contributed by atoms with E-state index in [0.29, 0.717) is 12.8 Å². The Labute approximate surface area is 168 Å². The normalized spacial score (nSPS) is 12.8. The van der Waals surface area contributed by atoms with Gasteiger partial charge in [-0.3, -0.25) is 4.55 Å². The van der Waals surface area contributed by atoms with Crippen LogP contribution in [0.25, 0.3) is 0 Å². The van der Waals surface area contributed by atoms with Gasteiger partial charge in [-0.05, 0) is 12.8 Å². The van der Waals surface area contributed by atoms with Gasteiger partial charge in [0.2, 0.25) is 0 Å². The first kappa shape index (κ1) is 26.1. The Morgan fingerprint density at radius 1 is 0.696 bits per heavy atom. The van der Waals surface area contributed by atoms with Crippen LogP contribution in [0.4, 0.5) is 0 Å². The van der Waals surface area contributed by atoms with E-state index >= 15 is 0 Å². The molecule has 0 aromatic rings. The number of rotatable bonds is 16. The summed E-state index contributed by atoms with van der Waals surface area (Å²) >= 11 is 0. The molecule has 0 radical (unpaired) electrons. The molecule has 0 aromatic heterocycles. The summed E-state index contributed by atoms with van der Waals surface area (Å²) in [6.45, 7) is 4.21. The van der Waals surface area contributed by atoms with Crippen molar-refractivity contribution in [2.45, 2.75) is 115 Å². The van der Waals surface area contributed by atoms with Crippen LogP contribution in [0.1, 0.15) is 112 Å². The maximum Gasteiger partial charge on any atom is 1.00 e. The Bertz CT molecular complexity index is 337. The predicted octanol–water partition coefficient (Wildman–Crippen LogP) is 3.25. The standard InChI is InChI=1S/C18H38O3S.Na.H/c1-3-5-6-7-8-9-10-11-12-13-14-15-17-18(16-4-2)22(19,20)21;;/h18H,3-17H2,1-2H3,(H,19,20,21);;/q;+1;-1. The molecule has 1 atom stereocenters. The average molecular weight is 359 g/mol. The van der Waals surface area contributed by atoms with Gasteiger partial charge in [0.05, 0.1) is 5.25 Å². The first-order valence-electron chi connectivity index (χ1n) is 9.48. The van der Waals surface area contributed by atoms with Crippen molar-refractivity contribution in [3.05, 3.63) is 0 Å². The molecule has 0 heterocycles. The molecule has 0 saturated carbocycles. The second-order valence-corrected chi connectivity index (χ2v) is 8.30. The van der Waals surface area contributed by atoms with E-state index in [0.717, 1.165) is 19.3 Å². The molecule has 0 bridgehead atoms. The zero-order valence-electron chi connectivity index (χ0n) is 16.9. The van der Waals surface area contributed by atoms with Crippen molar-refractivity contribution in [2.75, 3.05) is 0 Å². The van der Waals surface area contributed by atoms with Crippen molar-refractivity contribution < 1.29 is 44.0 Å². The Balaban J connectivity index is -0.00000220. The second-order valence-electron chi connectivity index (χ2n) is 6.60. The Morgan fingerprint density at radius 3 is 1.43 bits per heavy atom. The summed E-state index contributed by atoms with van der Waals surface area (Å²) in [5.41, 5.74) is 0. The second kappa shape index (κ2) is 17.7. The minimum absolute atomic E-state index is 0. The fraction of sp³-hybridized carbons (Fsp3) is 1.00. The zero-order chi connectivity index (χ0) is 16.7. The van der Waals surface area contributed by atoms with Gasteiger partial charge in [-0.25, -0.2) is 0 Å². The third kappa shape index (κ3) is 17.5. The molecular weight excluding hydrogens is 319 g/mol. The van der Waals surface area contributed by atoms with E-state index < -0.39 is 15.4 Å². The first-order chi connectivity index (χ1) is 10.5. The van der Waals surface area contributed by atoms with Gasteiger partial charge < -0.3 is 1.43 Å². The topological polar surface area (TPSA) is 54.4 Å². The van der Waals surface area contributed by atoms with Gasteiger partial charge in [-0.2, -0.15) is 8.42 Å². The molecule has 1 N–H and O–H groups in total. The van der Waals surface area contributed by atoms with Crippen LogP contribution in [0.3, 0.4) is 0 Å². The molecule has 3 nitrogen and oxygen atoms in total. The molecule has 0 saturated heterocycles. The van der Waals surface area contributed by atoms with Gasteiger partial charge in [-0.1, -0.05) is 97.3 Å². The van der Waals surface area contributed by atoms with Crippen molar-refractivity contribution in [1.29, 1.82) is 0 Å². The minimum atomic E-state index is -3.84. The van der Waals surface area contributed by atoms with Crippen LogP contribution >= 0.6 is 0 Å². The van der Waals surface area contributed by atoms with Crippen LogP contribution < -0.4 is 29.6 Å². The van der Waals surface area contributed by atoms with E-state index in [1.54, 1.807) is 0 Å². The molecule has 0 aliphatic carbocycles. The van der Waals surface area contributed by atoms with Gasteiger partial charge >= 0.3 is 29.6 Å². The molecule has 5 heteroatoms. The predicted molar refractivity (Wildman–Crippen MR) is 97.1 cm³/mol. The third-order valence-corrected chi connectivity index (χ3v) is 5.73. The van der Waals surface area contributed by atoms with E-state index in [-0.39, 0.29) is 31.0 Å². The van der Waals surface area contributed by atoms with Crippen molar-refractivity contribution in [3.63, 3.8) is 0 Å². The molecule has 0 rings (SSSR count). The van der Waals surface area contributed by atoms with E-state index in [1.165, 1.54) is 64.2 Å². The van der Waals surface area contributed by atoms with Gasteiger partial charge in [-0.15, -0.1) is 0 Å². The van der Waals surface area contributed by atoms with Gasteiger partial charge in [0.25, 0.3) is 10.1 Å². The molecule has 0 aliphatic rings. The molecule has 1 unspecified atom stereocenters. The van der Waals surface area contributed by atoms with Crippen LogP contribution in [-0.4, -0.2) is 18.2 Å². The van der Waals surface area contributed by atoms with E-state index in [2.05, 4.69) is 6.92 Å². The molecule has 0 amide bonds. The summed E-state index contributed by atoms with van der Waals surface area (Å²) < 4.78 is 31.6. The number of hydrogen-bond donors (Lipinski definition) is 1. The smallest absolute Gasteiger partial charge is 1.00 e. The van der Waals surface area contributed by atoms with Gasteiger partial charge in [0.15, 0.2) is 0 Å². The van der Waals surface area contributed by atoms with E-state index in [4.69, 9.17) is 4.55 Å². The quantitative estimate of drug-likeness (QED) is 0.262. The molecule has 0 spiro atoms.